The number of pyridine rings is 1. The lowest BCUT2D eigenvalue weighted by Crippen LogP contribution is -2.08. The molecule has 0 spiro atoms. The highest BCUT2D eigenvalue weighted by Crippen LogP contribution is 2.29. The average Bonchev–Trinajstić information content (AvgIpc) is 3.08. The maximum Gasteiger partial charge on any atom is 0.338 e. The van der Waals surface area contributed by atoms with Gasteiger partial charge in [0.15, 0.2) is 5.78 Å². The second-order valence-corrected chi connectivity index (χ2v) is 6.43. The van der Waals surface area contributed by atoms with Crippen LogP contribution in [-0.4, -0.2) is 23.3 Å². The van der Waals surface area contributed by atoms with Crippen LogP contribution in [0.5, 0.6) is 0 Å². The summed E-state index contributed by atoms with van der Waals surface area (Å²) < 4.78 is 5.00. The van der Waals surface area contributed by atoms with E-state index in [4.69, 9.17) is 4.74 Å². The fraction of sp³-hybridized carbons (Fsp3) is 0.150. The minimum atomic E-state index is -0.433. The summed E-state index contributed by atoms with van der Waals surface area (Å²) in [6.07, 6.45) is 1.68. The quantitative estimate of drug-likeness (QED) is 0.501. The van der Waals surface area contributed by atoms with Crippen molar-refractivity contribution in [3.05, 3.63) is 76.3 Å². The highest BCUT2D eigenvalue weighted by Gasteiger charge is 2.18. The third kappa shape index (κ3) is 3.67. The summed E-state index contributed by atoms with van der Waals surface area (Å²) in [5.41, 5.74) is 3.11. The first-order chi connectivity index (χ1) is 12.1. The van der Waals surface area contributed by atoms with Gasteiger partial charge in [0.05, 0.1) is 22.7 Å². The zero-order valence-corrected chi connectivity index (χ0v) is 14.8. The van der Waals surface area contributed by atoms with E-state index in [1.807, 2.05) is 18.4 Å². The fourth-order valence-corrected chi connectivity index (χ4v) is 3.41. The Balaban J connectivity index is 2.00. The summed E-state index contributed by atoms with van der Waals surface area (Å²) in [6.45, 7) is 4.05. The average molecular weight is 351 g/mol. The van der Waals surface area contributed by atoms with Crippen LogP contribution in [0.2, 0.25) is 0 Å². The van der Waals surface area contributed by atoms with Gasteiger partial charge in [-0.2, -0.15) is 0 Å². The Morgan fingerprint density at radius 1 is 1.12 bits per heavy atom. The molecule has 0 N–H and O–H groups in total. The van der Waals surface area contributed by atoms with Gasteiger partial charge >= 0.3 is 5.97 Å². The molecule has 0 aliphatic carbocycles. The summed E-state index contributed by atoms with van der Waals surface area (Å²) in [4.78, 5) is 30.2. The van der Waals surface area contributed by atoms with Gasteiger partial charge < -0.3 is 4.74 Å². The van der Waals surface area contributed by atoms with Gasteiger partial charge in [0.25, 0.3) is 0 Å². The summed E-state index contributed by atoms with van der Waals surface area (Å²) in [7, 11) is 0. The molecular weight excluding hydrogens is 334 g/mol. The number of ether oxygens (including phenoxy) is 1. The number of carbonyl (C=O) groups excluding carboxylic acids is 2. The Morgan fingerprint density at radius 3 is 2.64 bits per heavy atom. The molecule has 0 atom stereocenters. The van der Waals surface area contributed by atoms with Crippen LogP contribution >= 0.6 is 11.3 Å². The van der Waals surface area contributed by atoms with Gasteiger partial charge in [-0.05, 0) is 55.1 Å². The van der Waals surface area contributed by atoms with Crippen molar-refractivity contribution in [3.8, 4) is 10.6 Å². The van der Waals surface area contributed by atoms with Crippen molar-refractivity contribution in [2.24, 2.45) is 0 Å². The molecule has 0 aliphatic rings. The number of hydrogen-bond acceptors (Lipinski definition) is 5. The summed E-state index contributed by atoms with van der Waals surface area (Å²) >= 11 is 1.56. The lowest BCUT2D eigenvalue weighted by molar-refractivity contribution is 0.0526. The smallest absolute Gasteiger partial charge is 0.338 e. The molecule has 0 bridgehead atoms. The first-order valence-electron chi connectivity index (χ1n) is 7.92. The van der Waals surface area contributed by atoms with Crippen molar-refractivity contribution in [3.63, 3.8) is 0 Å². The van der Waals surface area contributed by atoms with Crippen LogP contribution in [0.25, 0.3) is 10.6 Å². The second kappa shape index (κ2) is 7.40. The topological polar surface area (TPSA) is 56.3 Å². The predicted octanol–water partition coefficient (Wildman–Crippen LogP) is 4.53. The summed E-state index contributed by atoms with van der Waals surface area (Å²) in [5, 5.41) is 2.03. The van der Waals surface area contributed by atoms with Crippen molar-refractivity contribution in [1.82, 2.24) is 4.98 Å². The van der Waals surface area contributed by atoms with E-state index in [1.165, 1.54) is 0 Å². The number of ketones is 1. The van der Waals surface area contributed by atoms with Crippen LogP contribution in [0, 0.1) is 6.92 Å². The number of nitrogens with zero attached hydrogens (tertiary/aromatic N) is 1. The van der Waals surface area contributed by atoms with Crippen molar-refractivity contribution in [2.45, 2.75) is 13.8 Å². The van der Waals surface area contributed by atoms with Gasteiger partial charge in [-0.1, -0.05) is 12.1 Å². The standard InChI is InChI=1S/C20H17NO3S/c1-3-24-20(23)15-7-4-6-14(11-15)19(22)16-8-5-9-21-18(16)17-10-13(2)12-25-17/h4-12H,3H2,1-2H3. The number of carbonyl (C=O) groups is 2. The predicted molar refractivity (Wildman–Crippen MR) is 98.1 cm³/mol. The Bertz CT molecular complexity index is 930. The molecular formula is C20H17NO3S. The molecule has 4 nitrogen and oxygen atoms in total. The highest BCUT2D eigenvalue weighted by atomic mass is 32.1. The first kappa shape index (κ1) is 17.0. The minimum absolute atomic E-state index is 0.166. The number of rotatable bonds is 5. The van der Waals surface area contributed by atoms with Crippen molar-refractivity contribution >= 4 is 23.1 Å². The SMILES string of the molecule is CCOC(=O)c1cccc(C(=O)c2cccnc2-c2cc(C)cs2)c1. The third-order valence-electron chi connectivity index (χ3n) is 3.65. The molecule has 0 amide bonds. The van der Waals surface area contributed by atoms with E-state index in [0.29, 0.717) is 29.0 Å². The molecule has 0 saturated carbocycles. The fourth-order valence-electron chi connectivity index (χ4n) is 2.50. The van der Waals surface area contributed by atoms with Gasteiger partial charge in [-0.3, -0.25) is 9.78 Å². The van der Waals surface area contributed by atoms with E-state index in [1.54, 1.807) is 60.9 Å². The van der Waals surface area contributed by atoms with E-state index < -0.39 is 5.97 Å². The molecule has 0 radical (unpaired) electrons. The Hall–Kier alpha value is -2.79. The minimum Gasteiger partial charge on any atom is -0.462 e. The first-order valence-corrected chi connectivity index (χ1v) is 8.80. The Kier molecular flexibility index (Phi) is 5.05. The van der Waals surface area contributed by atoms with Crippen LogP contribution < -0.4 is 0 Å². The van der Waals surface area contributed by atoms with Gasteiger partial charge in [-0.15, -0.1) is 11.3 Å². The van der Waals surface area contributed by atoms with Crippen LogP contribution in [-0.2, 0) is 4.74 Å². The maximum atomic E-state index is 13.0. The maximum absolute atomic E-state index is 13.0. The zero-order chi connectivity index (χ0) is 17.8. The van der Waals surface area contributed by atoms with E-state index in [0.717, 1.165) is 10.4 Å². The van der Waals surface area contributed by atoms with Crippen LogP contribution in [0.1, 0.15) is 38.8 Å². The van der Waals surface area contributed by atoms with E-state index in [2.05, 4.69) is 4.98 Å². The molecule has 0 unspecified atom stereocenters. The molecule has 3 rings (SSSR count). The number of thiophene rings is 1. The second-order valence-electron chi connectivity index (χ2n) is 5.52. The molecule has 5 heteroatoms. The molecule has 25 heavy (non-hydrogen) atoms. The monoisotopic (exact) mass is 351 g/mol. The molecule has 0 saturated heterocycles. The normalized spacial score (nSPS) is 10.5. The van der Waals surface area contributed by atoms with Crippen molar-refractivity contribution < 1.29 is 14.3 Å². The number of aromatic nitrogens is 1. The number of benzene rings is 1. The molecule has 3 aromatic rings. The molecule has 126 valence electrons. The zero-order valence-electron chi connectivity index (χ0n) is 14.0. The largest absolute Gasteiger partial charge is 0.462 e. The molecule has 0 aliphatic heterocycles. The lowest BCUT2D eigenvalue weighted by Gasteiger charge is -2.08. The van der Waals surface area contributed by atoms with Gasteiger partial charge in [0, 0.05) is 17.3 Å². The number of esters is 1. The van der Waals surface area contributed by atoms with E-state index >= 15 is 0 Å². The van der Waals surface area contributed by atoms with Crippen LogP contribution in [0.3, 0.4) is 0 Å². The van der Waals surface area contributed by atoms with Crippen LogP contribution in [0.4, 0.5) is 0 Å². The van der Waals surface area contributed by atoms with E-state index in [-0.39, 0.29) is 5.78 Å². The van der Waals surface area contributed by atoms with Crippen LogP contribution in [0.15, 0.2) is 54.0 Å². The van der Waals surface area contributed by atoms with Gasteiger partial charge in [-0.25, -0.2) is 4.79 Å². The number of hydrogen-bond donors (Lipinski definition) is 0. The van der Waals surface area contributed by atoms with Gasteiger partial charge in [0.1, 0.15) is 0 Å². The van der Waals surface area contributed by atoms with E-state index in [9.17, 15) is 9.59 Å². The molecule has 0 fully saturated rings. The Labute approximate surface area is 150 Å². The summed E-state index contributed by atoms with van der Waals surface area (Å²) in [6, 6.07) is 12.1. The third-order valence-corrected chi connectivity index (χ3v) is 4.71. The van der Waals surface area contributed by atoms with Crippen molar-refractivity contribution in [1.29, 1.82) is 0 Å². The van der Waals surface area contributed by atoms with Crippen molar-refractivity contribution in [2.75, 3.05) is 6.61 Å². The lowest BCUT2D eigenvalue weighted by atomic mass is 9.99. The Morgan fingerprint density at radius 2 is 1.92 bits per heavy atom. The highest BCUT2D eigenvalue weighted by molar-refractivity contribution is 7.13. The summed E-state index contributed by atoms with van der Waals surface area (Å²) in [5.74, 6) is -0.599. The molecule has 2 aromatic heterocycles. The van der Waals surface area contributed by atoms with Gasteiger partial charge in [0.2, 0.25) is 0 Å². The molecule has 2 heterocycles. The molecule has 1 aromatic carbocycles. The number of aryl methyl sites for hydroxylation is 1.